The molecule has 0 heterocycles. The van der Waals surface area contributed by atoms with Crippen molar-refractivity contribution in [2.24, 2.45) is 0 Å². The van der Waals surface area contributed by atoms with Gasteiger partial charge in [0.05, 0.1) is 6.61 Å². The van der Waals surface area contributed by atoms with Crippen molar-refractivity contribution >= 4 is 17.6 Å². The van der Waals surface area contributed by atoms with E-state index in [2.05, 4.69) is 16.0 Å². The van der Waals surface area contributed by atoms with E-state index in [0.29, 0.717) is 30.4 Å². The van der Waals surface area contributed by atoms with Gasteiger partial charge in [0.2, 0.25) is 0 Å². The summed E-state index contributed by atoms with van der Waals surface area (Å²) < 4.78 is 4.83. The average Bonchev–Trinajstić information content (AvgIpc) is 3.24. The van der Waals surface area contributed by atoms with Crippen LogP contribution in [0.3, 0.4) is 0 Å². The summed E-state index contributed by atoms with van der Waals surface area (Å²) in [6.45, 7) is 0.915. The quantitative estimate of drug-likeness (QED) is 0.687. The molecule has 0 atom stereocenters. The number of rotatable bonds is 6. The lowest BCUT2D eigenvalue weighted by Crippen LogP contribution is -2.31. The van der Waals surface area contributed by atoms with Crippen molar-refractivity contribution in [3.8, 4) is 0 Å². The van der Waals surface area contributed by atoms with E-state index in [1.54, 1.807) is 31.4 Å². The van der Waals surface area contributed by atoms with E-state index in [-0.39, 0.29) is 11.9 Å². The number of benzene rings is 1. The van der Waals surface area contributed by atoms with Gasteiger partial charge in [0.25, 0.3) is 5.91 Å². The Kier molecular flexibility index (Phi) is 4.95. The Hall–Kier alpha value is -2.08. The Balaban J connectivity index is 1.81. The second kappa shape index (κ2) is 6.91. The number of nitrogens with one attached hydrogen (secondary N) is 3. The molecule has 0 spiro atoms. The van der Waals surface area contributed by atoms with Crippen molar-refractivity contribution in [3.05, 3.63) is 29.8 Å². The standard InChI is InChI=1S/C14H19N3O3/c1-20-9-8-15-14(19)17-12-4-2-10(3-5-12)13(18)16-11-6-7-11/h2-5,11H,6-9H2,1H3,(H,16,18)(H2,15,17,19). The van der Waals surface area contributed by atoms with Gasteiger partial charge in [-0.25, -0.2) is 4.79 Å². The summed E-state index contributed by atoms with van der Waals surface area (Å²) >= 11 is 0. The van der Waals surface area contributed by atoms with E-state index in [0.717, 1.165) is 12.8 Å². The van der Waals surface area contributed by atoms with E-state index in [1.807, 2.05) is 0 Å². The molecule has 1 saturated carbocycles. The minimum atomic E-state index is -0.294. The number of amides is 3. The fraction of sp³-hybridized carbons (Fsp3) is 0.429. The highest BCUT2D eigenvalue weighted by Crippen LogP contribution is 2.19. The number of urea groups is 1. The zero-order valence-electron chi connectivity index (χ0n) is 11.4. The summed E-state index contributed by atoms with van der Waals surface area (Å²) in [5, 5.41) is 8.24. The lowest BCUT2D eigenvalue weighted by molar-refractivity contribution is 0.0951. The molecular formula is C14H19N3O3. The van der Waals surface area contributed by atoms with Gasteiger partial charge in [-0.1, -0.05) is 0 Å². The second-order valence-corrected chi connectivity index (χ2v) is 4.70. The Morgan fingerprint density at radius 3 is 2.55 bits per heavy atom. The van der Waals surface area contributed by atoms with Gasteiger partial charge in [-0.05, 0) is 37.1 Å². The molecule has 0 saturated heterocycles. The molecule has 1 fully saturated rings. The predicted octanol–water partition coefficient (Wildman–Crippen LogP) is 1.35. The van der Waals surface area contributed by atoms with Crippen molar-refractivity contribution in [3.63, 3.8) is 0 Å². The Morgan fingerprint density at radius 2 is 1.95 bits per heavy atom. The molecule has 6 nitrogen and oxygen atoms in total. The van der Waals surface area contributed by atoms with E-state index in [9.17, 15) is 9.59 Å². The Bertz CT molecular complexity index is 469. The molecule has 0 bridgehead atoms. The Morgan fingerprint density at radius 1 is 1.25 bits per heavy atom. The van der Waals surface area contributed by atoms with Gasteiger partial charge < -0.3 is 20.7 Å². The number of carbonyl (C=O) groups is 2. The largest absolute Gasteiger partial charge is 0.383 e. The molecule has 6 heteroatoms. The first kappa shape index (κ1) is 14.3. The fourth-order valence-corrected chi connectivity index (χ4v) is 1.64. The third-order valence-corrected chi connectivity index (χ3v) is 2.91. The molecule has 3 N–H and O–H groups in total. The van der Waals surface area contributed by atoms with Crippen LogP contribution in [0, 0.1) is 0 Å². The first-order valence-corrected chi connectivity index (χ1v) is 6.64. The molecule has 1 aromatic rings. The summed E-state index contributed by atoms with van der Waals surface area (Å²) in [6, 6.07) is 6.85. The molecule has 0 aliphatic heterocycles. The van der Waals surface area contributed by atoms with Crippen molar-refractivity contribution in [1.82, 2.24) is 10.6 Å². The van der Waals surface area contributed by atoms with Crippen molar-refractivity contribution in [2.45, 2.75) is 18.9 Å². The summed E-state index contributed by atoms with van der Waals surface area (Å²) in [5.74, 6) is -0.0661. The zero-order valence-corrected chi connectivity index (χ0v) is 11.4. The monoisotopic (exact) mass is 277 g/mol. The van der Waals surface area contributed by atoms with Crippen LogP contribution in [0.5, 0.6) is 0 Å². The van der Waals surface area contributed by atoms with Gasteiger partial charge in [0, 0.05) is 30.9 Å². The SMILES string of the molecule is COCCNC(=O)Nc1ccc(C(=O)NC2CC2)cc1. The highest BCUT2D eigenvalue weighted by atomic mass is 16.5. The van der Waals surface area contributed by atoms with Crippen molar-refractivity contribution < 1.29 is 14.3 Å². The van der Waals surface area contributed by atoms with E-state index in [1.165, 1.54) is 0 Å². The molecule has 1 aliphatic carbocycles. The van der Waals surface area contributed by atoms with Crippen LogP contribution in [0.1, 0.15) is 23.2 Å². The Labute approximate surface area is 117 Å². The maximum atomic E-state index is 11.8. The first-order chi connectivity index (χ1) is 9.69. The van der Waals surface area contributed by atoms with Gasteiger partial charge in [0.1, 0.15) is 0 Å². The van der Waals surface area contributed by atoms with Crippen LogP contribution in [0.15, 0.2) is 24.3 Å². The van der Waals surface area contributed by atoms with Crippen LogP contribution in [0.4, 0.5) is 10.5 Å². The molecule has 1 aliphatic rings. The average molecular weight is 277 g/mol. The van der Waals surface area contributed by atoms with Gasteiger partial charge >= 0.3 is 6.03 Å². The number of hydrogen-bond acceptors (Lipinski definition) is 3. The van der Waals surface area contributed by atoms with Gasteiger partial charge in [0.15, 0.2) is 0 Å². The van der Waals surface area contributed by atoms with Crippen LogP contribution >= 0.6 is 0 Å². The predicted molar refractivity (Wildman–Crippen MR) is 75.8 cm³/mol. The van der Waals surface area contributed by atoms with E-state index >= 15 is 0 Å². The molecule has 0 radical (unpaired) electrons. The minimum Gasteiger partial charge on any atom is -0.383 e. The molecule has 1 aromatic carbocycles. The molecule has 3 amide bonds. The maximum Gasteiger partial charge on any atom is 0.319 e. The minimum absolute atomic E-state index is 0.0661. The van der Waals surface area contributed by atoms with Crippen molar-refractivity contribution in [1.29, 1.82) is 0 Å². The van der Waals surface area contributed by atoms with Crippen LogP contribution in [-0.4, -0.2) is 38.2 Å². The lowest BCUT2D eigenvalue weighted by Gasteiger charge is -2.08. The normalized spacial score (nSPS) is 13.7. The van der Waals surface area contributed by atoms with Crippen molar-refractivity contribution in [2.75, 3.05) is 25.6 Å². The lowest BCUT2D eigenvalue weighted by atomic mass is 10.2. The zero-order chi connectivity index (χ0) is 14.4. The topological polar surface area (TPSA) is 79.5 Å². The summed E-state index contributed by atoms with van der Waals surface area (Å²) in [6.07, 6.45) is 2.13. The van der Waals surface area contributed by atoms with E-state index < -0.39 is 0 Å². The molecular weight excluding hydrogens is 258 g/mol. The number of anilines is 1. The number of hydrogen-bond donors (Lipinski definition) is 3. The first-order valence-electron chi connectivity index (χ1n) is 6.64. The van der Waals surface area contributed by atoms with Gasteiger partial charge in [-0.2, -0.15) is 0 Å². The molecule has 108 valence electrons. The number of ether oxygens (including phenoxy) is 1. The third-order valence-electron chi connectivity index (χ3n) is 2.91. The smallest absolute Gasteiger partial charge is 0.319 e. The highest BCUT2D eigenvalue weighted by molar-refractivity contribution is 5.95. The van der Waals surface area contributed by atoms with E-state index in [4.69, 9.17) is 4.74 Å². The molecule has 20 heavy (non-hydrogen) atoms. The van der Waals surface area contributed by atoms with Crippen LogP contribution in [0.2, 0.25) is 0 Å². The number of methoxy groups -OCH3 is 1. The third kappa shape index (κ3) is 4.55. The molecule has 0 unspecified atom stereocenters. The van der Waals surface area contributed by atoms with Gasteiger partial charge in [-0.15, -0.1) is 0 Å². The fourth-order valence-electron chi connectivity index (χ4n) is 1.64. The molecule has 0 aromatic heterocycles. The van der Waals surface area contributed by atoms with Gasteiger partial charge in [-0.3, -0.25) is 4.79 Å². The second-order valence-electron chi connectivity index (χ2n) is 4.70. The summed E-state index contributed by atoms with van der Waals surface area (Å²) in [4.78, 5) is 23.3. The molecule has 2 rings (SSSR count). The van der Waals surface area contributed by atoms with Crippen LogP contribution in [0.25, 0.3) is 0 Å². The summed E-state index contributed by atoms with van der Waals surface area (Å²) in [7, 11) is 1.57. The van der Waals surface area contributed by atoms with Crippen LogP contribution < -0.4 is 16.0 Å². The maximum absolute atomic E-state index is 11.8. The number of carbonyl (C=O) groups excluding carboxylic acids is 2. The highest BCUT2D eigenvalue weighted by Gasteiger charge is 2.23. The summed E-state index contributed by atoms with van der Waals surface area (Å²) in [5.41, 5.74) is 1.24. The van der Waals surface area contributed by atoms with Crippen LogP contribution in [-0.2, 0) is 4.74 Å².